The van der Waals surface area contributed by atoms with E-state index in [4.69, 9.17) is 0 Å². The number of halogens is 1. The molecule has 1 aliphatic rings. The molecule has 8 heteroatoms. The molecule has 2 heterocycles. The molecule has 3 N–H and O–H groups in total. The summed E-state index contributed by atoms with van der Waals surface area (Å²) in [6.45, 7) is 0.612. The Hall–Kier alpha value is -2.90. The molecular formula is C17H20FN5O2. The Bertz CT molecular complexity index is 762. The van der Waals surface area contributed by atoms with Crippen LogP contribution in [-0.4, -0.2) is 40.4 Å². The first kappa shape index (κ1) is 16.9. The van der Waals surface area contributed by atoms with Crippen LogP contribution in [0.4, 0.5) is 14.9 Å². The van der Waals surface area contributed by atoms with E-state index in [1.165, 1.54) is 25.2 Å². The summed E-state index contributed by atoms with van der Waals surface area (Å²) in [5, 5.41) is 5.13. The van der Waals surface area contributed by atoms with E-state index >= 15 is 0 Å². The predicted octanol–water partition coefficient (Wildman–Crippen LogP) is 2.67. The van der Waals surface area contributed by atoms with Gasteiger partial charge in [0, 0.05) is 31.7 Å². The number of aromatic amines is 1. The number of imidazole rings is 1. The van der Waals surface area contributed by atoms with E-state index in [1.54, 1.807) is 17.3 Å². The third-order valence-electron chi connectivity index (χ3n) is 4.29. The lowest BCUT2D eigenvalue weighted by Gasteiger charge is -2.34. The number of urea groups is 1. The number of aromatic nitrogens is 2. The fourth-order valence-corrected chi connectivity index (χ4v) is 3.03. The van der Waals surface area contributed by atoms with Crippen LogP contribution >= 0.6 is 0 Å². The van der Waals surface area contributed by atoms with Gasteiger partial charge in [-0.05, 0) is 37.5 Å². The minimum absolute atomic E-state index is 0.110. The molecule has 0 aliphatic carbocycles. The zero-order valence-corrected chi connectivity index (χ0v) is 13.9. The van der Waals surface area contributed by atoms with E-state index in [2.05, 4.69) is 20.6 Å². The monoisotopic (exact) mass is 345 g/mol. The standard InChI is InChI=1S/C17H20FN5O2/c1-19-16(24)12-10-11(5-6-13(12)18)22-17(25)23-9-3-2-4-14(23)15-20-7-8-21-15/h5-8,10,14H,2-4,9H2,1H3,(H,19,24)(H,20,21)(H,22,25)/t14-/m0/s1. The maximum absolute atomic E-state index is 13.8. The number of likely N-dealkylation sites (tertiary alicyclic amines) is 1. The second-order valence-electron chi connectivity index (χ2n) is 5.88. The summed E-state index contributed by atoms with van der Waals surface area (Å²) in [6, 6.07) is 3.52. The van der Waals surface area contributed by atoms with Crippen molar-refractivity contribution in [2.24, 2.45) is 0 Å². The van der Waals surface area contributed by atoms with Gasteiger partial charge in [-0.2, -0.15) is 0 Å². The highest BCUT2D eigenvalue weighted by atomic mass is 19.1. The Morgan fingerprint density at radius 3 is 2.92 bits per heavy atom. The lowest BCUT2D eigenvalue weighted by Crippen LogP contribution is -2.41. The first-order chi connectivity index (χ1) is 12.1. The molecule has 0 saturated carbocycles. The van der Waals surface area contributed by atoms with Gasteiger partial charge in [0.25, 0.3) is 5.91 Å². The lowest BCUT2D eigenvalue weighted by atomic mass is 10.0. The number of benzene rings is 1. The van der Waals surface area contributed by atoms with E-state index < -0.39 is 11.7 Å². The number of amides is 3. The summed E-state index contributed by atoms with van der Waals surface area (Å²) in [7, 11) is 1.43. The van der Waals surface area contributed by atoms with Crippen molar-refractivity contribution in [2.45, 2.75) is 25.3 Å². The van der Waals surface area contributed by atoms with E-state index in [0.717, 1.165) is 25.1 Å². The number of H-pyrrole nitrogens is 1. The van der Waals surface area contributed by atoms with Crippen molar-refractivity contribution in [2.75, 3.05) is 18.9 Å². The SMILES string of the molecule is CNC(=O)c1cc(NC(=O)N2CCCC[C@H]2c2ncc[nH]2)ccc1F. The van der Waals surface area contributed by atoms with Crippen molar-refractivity contribution in [3.63, 3.8) is 0 Å². The Labute approximate surface area is 144 Å². The number of hydrogen-bond acceptors (Lipinski definition) is 3. The van der Waals surface area contributed by atoms with Gasteiger partial charge in [0.1, 0.15) is 11.6 Å². The lowest BCUT2D eigenvalue weighted by molar-refractivity contribution is 0.0959. The number of carbonyl (C=O) groups is 2. The topological polar surface area (TPSA) is 90.1 Å². The molecule has 1 atom stereocenters. The van der Waals surface area contributed by atoms with Gasteiger partial charge in [-0.15, -0.1) is 0 Å². The summed E-state index contributed by atoms with van der Waals surface area (Å²) in [4.78, 5) is 33.4. The fourth-order valence-electron chi connectivity index (χ4n) is 3.03. The summed E-state index contributed by atoms with van der Waals surface area (Å²) in [5.74, 6) is -0.427. The van der Waals surface area contributed by atoms with Crippen molar-refractivity contribution in [1.29, 1.82) is 0 Å². The van der Waals surface area contributed by atoms with Crippen LogP contribution < -0.4 is 10.6 Å². The average molecular weight is 345 g/mol. The average Bonchev–Trinajstić information content (AvgIpc) is 3.17. The zero-order valence-electron chi connectivity index (χ0n) is 13.9. The summed E-state index contributed by atoms with van der Waals surface area (Å²) in [5.41, 5.74) is 0.260. The molecule has 1 fully saturated rings. The largest absolute Gasteiger partial charge is 0.355 e. The molecule has 3 amide bonds. The van der Waals surface area contributed by atoms with Crippen molar-refractivity contribution in [3.05, 3.63) is 47.8 Å². The molecule has 1 aromatic heterocycles. The maximum atomic E-state index is 13.8. The summed E-state index contributed by atoms with van der Waals surface area (Å²) >= 11 is 0. The van der Waals surface area contributed by atoms with Crippen LogP contribution in [0.15, 0.2) is 30.6 Å². The molecule has 1 aromatic carbocycles. The van der Waals surface area contributed by atoms with Gasteiger partial charge in [0.2, 0.25) is 0 Å². The van der Waals surface area contributed by atoms with Crippen LogP contribution in [0.25, 0.3) is 0 Å². The number of rotatable bonds is 3. The number of piperidine rings is 1. The molecule has 0 spiro atoms. The maximum Gasteiger partial charge on any atom is 0.322 e. The summed E-state index contributed by atoms with van der Waals surface area (Å²) < 4.78 is 13.8. The molecule has 7 nitrogen and oxygen atoms in total. The second kappa shape index (κ2) is 7.33. The van der Waals surface area contributed by atoms with Gasteiger partial charge in [-0.1, -0.05) is 0 Å². The third kappa shape index (κ3) is 3.62. The zero-order chi connectivity index (χ0) is 17.8. The number of nitrogens with one attached hydrogen (secondary N) is 3. The van der Waals surface area contributed by atoms with E-state index in [0.29, 0.717) is 12.2 Å². The van der Waals surface area contributed by atoms with Crippen LogP contribution in [0.3, 0.4) is 0 Å². The molecule has 1 saturated heterocycles. The first-order valence-corrected chi connectivity index (χ1v) is 8.18. The van der Waals surface area contributed by atoms with Gasteiger partial charge >= 0.3 is 6.03 Å². The smallest absolute Gasteiger partial charge is 0.322 e. The Kier molecular flexibility index (Phi) is 4.97. The Morgan fingerprint density at radius 2 is 2.20 bits per heavy atom. The quantitative estimate of drug-likeness (QED) is 0.799. The third-order valence-corrected chi connectivity index (χ3v) is 4.29. The van der Waals surface area contributed by atoms with Crippen LogP contribution in [0.2, 0.25) is 0 Å². The molecule has 2 aromatic rings. The predicted molar refractivity (Wildman–Crippen MR) is 90.7 cm³/mol. The van der Waals surface area contributed by atoms with Crippen LogP contribution in [-0.2, 0) is 0 Å². The minimum atomic E-state index is -0.635. The first-order valence-electron chi connectivity index (χ1n) is 8.18. The molecular weight excluding hydrogens is 325 g/mol. The minimum Gasteiger partial charge on any atom is -0.355 e. The Morgan fingerprint density at radius 1 is 1.36 bits per heavy atom. The number of carbonyl (C=O) groups excluding carboxylic acids is 2. The van der Waals surface area contributed by atoms with Gasteiger partial charge in [-0.25, -0.2) is 14.2 Å². The van der Waals surface area contributed by atoms with Crippen LogP contribution in [0, 0.1) is 5.82 Å². The van der Waals surface area contributed by atoms with Crippen molar-refractivity contribution >= 4 is 17.6 Å². The van der Waals surface area contributed by atoms with E-state index in [-0.39, 0.29) is 17.6 Å². The van der Waals surface area contributed by atoms with E-state index in [1.807, 2.05) is 0 Å². The highest BCUT2D eigenvalue weighted by Crippen LogP contribution is 2.29. The molecule has 0 radical (unpaired) electrons. The van der Waals surface area contributed by atoms with Crippen molar-refractivity contribution in [3.8, 4) is 0 Å². The molecule has 0 unspecified atom stereocenters. The highest BCUT2D eigenvalue weighted by molar-refractivity contribution is 5.97. The van der Waals surface area contributed by atoms with Crippen LogP contribution in [0.5, 0.6) is 0 Å². The van der Waals surface area contributed by atoms with E-state index in [9.17, 15) is 14.0 Å². The number of nitrogens with zero attached hydrogens (tertiary/aromatic N) is 2. The molecule has 1 aliphatic heterocycles. The Balaban J connectivity index is 1.78. The molecule has 3 rings (SSSR count). The van der Waals surface area contributed by atoms with Crippen LogP contribution in [0.1, 0.15) is 41.5 Å². The van der Waals surface area contributed by atoms with Gasteiger partial charge in [0.15, 0.2) is 0 Å². The van der Waals surface area contributed by atoms with Gasteiger partial charge < -0.3 is 20.5 Å². The summed E-state index contributed by atoms with van der Waals surface area (Å²) in [6.07, 6.45) is 6.16. The molecule has 0 bridgehead atoms. The number of hydrogen-bond donors (Lipinski definition) is 3. The molecule has 132 valence electrons. The second-order valence-corrected chi connectivity index (χ2v) is 5.88. The van der Waals surface area contributed by atoms with Crippen molar-refractivity contribution < 1.29 is 14.0 Å². The molecule has 25 heavy (non-hydrogen) atoms. The number of anilines is 1. The fraction of sp³-hybridized carbons (Fsp3) is 0.353. The normalized spacial score (nSPS) is 17.2. The van der Waals surface area contributed by atoms with Crippen molar-refractivity contribution in [1.82, 2.24) is 20.2 Å². The van der Waals surface area contributed by atoms with Gasteiger partial charge in [0.05, 0.1) is 11.6 Å². The van der Waals surface area contributed by atoms with Gasteiger partial charge in [-0.3, -0.25) is 4.79 Å². The highest BCUT2D eigenvalue weighted by Gasteiger charge is 2.29.